The predicted octanol–water partition coefficient (Wildman–Crippen LogP) is 4.15. The lowest BCUT2D eigenvalue weighted by atomic mass is 9.92. The number of amides is 1. The van der Waals surface area contributed by atoms with Gasteiger partial charge >= 0.3 is 0 Å². The highest BCUT2D eigenvalue weighted by Crippen LogP contribution is 2.32. The van der Waals surface area contributed by atoms with Crippen LogP contribution in [0, 0.1) is 11.6 Å². The molecule has 1 atom stereocenters. The Morgan fingerprint density at radius 1 is 1.31 bits per heavy atom. The van der Waals surface area contributed by atoms with Gasteiger partial charge in [0.1, 0.15) is 11.5 Å². The van der Waals surface area contributed by atoms with Crippen molar-refractivity contribution in [3.63, 3.8) is 0 Å². The second-order valence-corrected chi connectivity index (χ2v) is 8.03. The average molecular weight is 415 g/mol. The zero-order valence-corrected chi connectivity index (χ0v) is 16.6. The van der Waals surface area contributed by atoms with Gasteiger partial charge in [0.2, 0.25) is 5.91 Å². The smallest absolute Gasteiger partial charge is 0.224 e. The van der Waals surface area contributed by atoms with Gasteiger partial charge in [0.05, 0.1) is 23.5 Å². The molecule has 0 unspecified atom stereocenters. The van der Waals surface area contributed by atoms with Gasteiger partial charge in [0.15, 0.2) is 11.6 Å². The van der Waals surface area contributed by atoms with Gasteiger partial charge in [-0.1, -0.05) is 0 Å². The van der Waals surface area contributed by atoms with Crippen LogP contribution in [0.3, 0.4) is 0 Å². The highest BCUT2D eigenvalue weighted by molar-refractivity contribution is 7.12. The molecule has 1 amide bonds. The van der Waals surface area contributed by atoms with Gasteiger partial charge in [-0.15, -0.1) is 11.3 Å². The normalized spacial score (nSPS) is 15.8. The molecule has 0 saturated heterocycles. The molecular weight excluding hydrogens is 396 g/mol. The maximum absolute atomic E-state index is 14.2. The van der Waals surface area contributed by atoms with E-state index in [0.29, 0.717) is 11.3 Å². The molecule has 0 spiro atoms. The van der Waals surface area contributed by atoms with Gasteiger partial charge in [-0.25, -0.2) is 13.5 Å². The fourth-order valence-electron chi connectivity index (χ4n) is 3.65. The molecule has 1 aliphatic rings. The lowest BCUT2D eigenvalue weighted by molar-refractivity contribution is -0.121. The Morgan fingerprint density at radius 3 is 2.86 bits per heavy atom. The SMILES string of the molecule is CC(=O)c1cc(CC(=O)N[C@H]2CCCc3c2cnn3-c2ccc(F)cc2F)cs1. The minimum Gasteiger partial charge on any atom is -0.349 e. The summed E-state index contributed by atoms with van der Waals surface area (Å²) < 4.78 is 28.9. The van der Waals surface area contributed by atoms with Gasteiger partial charge in [-0.2, -0.15) is 5.10 Å². The van der Waals surface area contributed by atoms with Crippen molar-refractivity contribution < 1.29 is 18.4 Å². The van der Waals surface area contributed by atoms with E-state index >= 15 is 0 Å². The summed E-state index contributed by atoms with van der Waals surface area (Å²) in [6, 6.07) is 4.93. The molecule has 29 heavy (non-hydrogen) atoms. The number of ketones is 1. The van der Waals surface area contributed by atoms with E-state index in [1.807, 2.05) is 5.38 Å². The van der Waals surface area contributed by atoms with Crippen LogP contribution in [-0.2, 0) is 17.6 Å². The lowest BCUT2D eigenvalue weighted by Gasteiger charge is -2.24. The summed E-state index contributed by atoms with van der Waals surface area (Å²) >= 11 is 1.33. The van der Waals surface area contributed by atoms with Crippen LogP contribution in [0.4, 0.5) is 8.78 Å². The number of halogens is 2. The second-order valence-electron chi connectivity index (χ2n) is 7.12. The molecule has 0 bridgehead atoms. The summed E-state index contributed by atoms with van der Waals surface area (Å²) in [6.45, 7) is 1.50. The Labute approximate surface area is 170 Å². The quantitative estimate of drug-likeness (QED) is 0.637. The van der Waals surface area contributed by atoms with Gasteiger partial charge in [-0.05, 0) is 55.3 Å². The van der Waals surface area contributed by atoms with Crippen LogP contribution in [0.5, 0.6) is 0 Å². The van der Waals surface area contributed by atoms with Crippen molar-refractivity contribution in [2.45, 2.75) is 38.6 Å². The van der Waals surface area contributed by atoms with E-state index in [-0.39, 0.29) is 29.8 Å². The Morgan fingerprint density at radius 2 is 2.14 bits per heavy atom. The van der Waals surface area contributed by atoms with Crippen molar-refractivity contribution in [2.24, 2.45) is 0 Å². The first-order valence-electron chi connectivity index (χ1n) is 9.32. The fourth-order valence-corrected chi connectivity index (χ4v) is 4.47. The van der Waals surface area contributed by atoms with Crippen LogP contribution in [-0.4, -0.2) is 21.5 Å². The molecule has 150 valence electrons. The Hall–Kier alpha value is -2.87. The first-order valence-corrected chi connectivity index (χ1v) is 10.2. The largest absolute Gasteiger partial charge is 0.349 e. The number of benzene rings is 1. The molecule has 0 radical (unpaired) electrons. The Balaban J connectivity index is 1.52. The third-order valence-electron chi connectivity index (χ3n) is 5.02. The van der Waals surface area contributed by atoms with Gasteiger partial charge < -0.3 is 5.32 Å². The molecule has 1 N–H and O–H groups in total. The van der Waals surface area contributed by atoms with Crippen molar-refractivity contribution in [1.29, 1.82) is 0 Å². The number of hydrogen-bond donors (Lipinski definition) is 1. The average Bonchev–Trinajstić information content (AvgIpc) is 3.30. The number of aromatic nitrogens is 2. The standard InChI is InChI=1S/C21H19F2N3O2S/c1-12(27)20-7-13(11-29-20)8-21(28)25-17-3-2-4-18-15(17)10-24-26(18)19-6-5-14(22)9-16(19)23/h5-7,9-11,17H,2-4,8H2,1H3,(H,25,28)/t17-/m0/s1. The first kappa shape index (κ1) is 19.4. The molecule has 0 fully saturated rings. The fraction of sp³-hybridized carbons (Fsp3) is 0.286. The molecule has 8 heteroatoms. The summed E-state index contributed by atoms with van der Waals surface area (Å²) in [5.74, 6) is -1.48. The summed E-state index contributed by atoms with van der Waals surface area (Å²) in [7, 11) is 0. The van der Waals surface area contributed by atoms with Gasteiger partial charge in [-0.3, -0.25) is 9.59 Å². The zero-order valence-electron chi connectivity index (χ0n) is 15.7. The van der Waals surface area contributed by atoms with E-state index in [0.717, 1.165) is 35.7 Å². The molecule has 0 saturated carbocycles. The lowest BCUT2D eigenvalue weighted by Crippen LogP contribution is -2.32. The van der Waals surface area contributed by atoms with E-state index in [1.54, 1.807) is 12.3 Å². The topological polar surface area (TPSA) is 64.0 Å². The minimum absolute atomic E-state index is 0.0148. The molecule has 0 aliphatic heterocycles. The summed E-state index contributed by atoms with van der Waals surface area (Å²) in [6.07, 6.45) is 4.11. The number of thiophene rings is 1. The van der Waals surface area contributed by atoms with E-state index in [1.165, 1.54) is 35.1 Å². The molecule has 1 aliphatic carbocycles. The zero-order chi connectivity index (χ0) is 20.5. The van der Waals surface area contributed by atoms with Crippen LogP contribution < -0.4 is 5.32 Å². The molecule has 5 nitrogen and oxygen atoms in total. The molecular formula is C21H19F2N3O2S. The van der Waals surface area contributed by atoms with E-state index in [4.69, 9.17) is 0 Å². The maximum Gasteiger partial charge on any atom is 0.224 e. The van der Waals surface area contributed by atoms with Crippen LogP contribution >= 0.6 is 11.3 Å². The third kappa shape index (κ3) is 3.98. The molecule has 3 aromatic rings. The van der Waals surface area contributed by atoms with Crippen molar-refractivity contribution in [2.75, 3.05) is 0 Å². The number of Topliss-reactive ketones (excluding diaryl/α,β-unsaturated/α-hetero) is 1. The van der Waals surface area contributed by atoms with Crippen LogP contribution in [0.15, 0.2) is 35.8 Å². The summed E-state index contributed by atoms with van der Waals surface area (Å²) in [5.41, 5.74) is 2.66. The van der Waals surface area contributed by atoms with Crippen molar-refractivity contribution >= 4 is 23.0 Å². The second kappa shape index (κ2) is 7.87. The number of carbonyl (C=O) groups excluding carboxylic acids is 2. The molecule has 4 rings (SSSR count). The highest BCUT2D eigenvalue weighted by atomic mass is 32.1. The molecule has 2 heterocycles. The highest BCUT2D eigenvalue weighted by Gasteiger charge is 2.27. The van der Waals surface area contributed by atoms with Crippen molar-refractivity contribution in [3.05, 3.63) is 69.2 Å². The Kier molecular flexibility index (Phi) is 5.27. The maximum atomic E-state index is 14.2. The summed E-state index contributed by atoms with van der Waals surface area (Å²) in [5, 5.41) is 9.13. The van der Waals surface area contributed by atoms with Crippen molar-refractivity contribution in [1.82, 2.24) is 15.1 Å². The van der Waals surface area contributed by atoms with Gasteiger partial charge in [0, 0.05) is 17.3 Å². The van der Waals surface area contributed by atoms with Crippen LogP contribution in [0.25, 0.3) is 5.69 Å². The van der Waals surface area contributed by atoms with E-state index in [2.05, 4.69) is 10.4 Å². The van der Waals surface area contributed by atoms with Crippen LogP contribution in [0.2, 0.25) is 0 Å². The first-order chi connectivity index (χ1) is 13.9. The monoisotopic (exact) mass is 415 g/mol. The minimum atomic E-state index is -0.680. The predicted molar refractivity (Wildman–Crippen MR) is 105 cm³/mol. The molecule has 1 aromatic carbocycles. The van der Waals surface area contributed by atoms with Crippen LogP contribution in [0.1, 0.15) is 52.3 Å². The third-order valence-corrected chi connectivity index (χ3v) is 6.10. The van der Waals surface area contributed by atoms with Crippen molar-refractivity contribution in [3.8, 4) is 5.69 Å². The molecule has 2 aromatic heterocycles. The Bertz CT molecular complexity index is 1090. The number of rotatable bonds is 5. The summed E-state index contributed by atoms with van der Waals surface area (Å²) in [4.78, 5) is 24.6. The number of hydrogen-bond acceptors (Lipinski definition) is 4. The van der Waals surface area contributed by atoms with E-state index in [9.17, 15) is 18.4 Å². The number of nitrogens with one attached hydrogen (secondary N) is 1. The van der Waals surface area contributed by atoms with Gasteiger partial charge in [0.25, 0.3) is 0 Å². The number of nitrogens with zero attached hydrogens (tertiary/aromatic N) is 2. The number of fused-ring (bicyclic) bond motifs is 1. The number of carbonyl (C=O) groups is 2. The van der Waals surface area contributed by atoms with E-state index < -0.39 is 11.6 Å².